The number of rotatable bonds is 1. The molecule has 2 aromatic rings. The van der Waals surface area contributed by atoms with Gasteiger partial charge in [-0.05, 0) is 24.1 Å². The van der Waals surface area contributed by atoms with Crippen molar-refractivity contribution in [2.45, 2.75) is 13.3 Å². The van der Waals surface area contributed by atoms with E-state index in [0.29, 0.717) is 5.02 Å². The molecule has 13 heavy (non-hydrogen) atoms. The van der Waals surface area contributed by atoms with E-state index >= 15 is 0 Å². The van der Waals surface area contributed by atoms with Crippen LogP contribution in [0.3, 0.4) is 0 Å². The van der Waals surface area contributed by atoms with Crippen molar-refractivity contribution >= 4 is 22.5 Å². The van der Waals surface area contributed by atoms with E-state index in [2.05, 4.69) is 23.0 Å². The largest absolute Gasteiger partial charge is 0.244 e. The quantitative estimate of drug-likeness (QED) is 0.695. The van der Waals surface area contributed by atoms with Gasteiger partial charge >= 0.3 is 0 Å². The molecule has 0 radical (unpaired) electrons. The van der Waals surface area contributed by atoms with Crippen LogP contribution >= 0.6 is 11.6 Å². The molecule has 1 aromatic heterocycles. The highest BCUT2D eigenvalue weighted by molar-refractivity contribution is 6.35. The number of nitrogens with zero attached hydrogens (tertiary/aromatic N) is 2. The van der Waals surface area contributed by atoms with Crippen LogP contribution in [0.4, 0.5) is 0 Å². The predicted molar refractivity (Wildman–Crippen MR) is 53.9 cm³/mol. The topological polar surface area (TPSA) is 25.8 Å². The summed E-state index contributed by atoms with van der Waals surface area (Å²) in [7, 11) is 0. The van der Waals surface area contributed by atoms with Gasteiger partial charge in [0.1, 0.15) is 6.33 Å². The monoisotopic (exact) mass is 192 g/mol. The Labute approximate surface area is 81.6 Å². The molecule has 0 amide bonds. The van der Waals surface area contributed by atoms with Gasteiger partial charge in [0, 0.05) is 11.6 Å². The van der Waals surface area contributed by atoms with Gasteiger partial charge in [-0.1, -0.05) is 18.5 Å². The molecule has 2 nitrogen and oxygen atoms in total. The van der Waals surface area contributed by atoms with Gasteiger partial charge in [-0.25, -0.2) is 9.97 Å². The zero-order valence-electron chi connectivity index (χ0n) is 7.29. The lowest BCUT2D eigenvalue weighted by molar-refractivity contribution is 1.14. The maximum Gasteiger partial charge on any atom is 0.116 e. The lowest BCUT2D eigenvalue weighted by Gasteiger charge is -2.01. The van der Waals surface area contributed by atoms with Crippen LogP contribution in [0.2, 0.25) is 5.02 Å². The summed E-state index contributed by atoms with van der Waals surface area (Å²) in [5.41, 5.74) is 2.04. The Hall–Kier alpha value is -1.15. The third-order valence-corrected chi connectivity index (χ3v) is 2.32. The normalized spacial score (nSPS) is 10.6. The smallest absolute Gasteiger partial charge is 0.116 e. The summed E-state index contributed by atoms with van der Waals surface area (Å²) in [6.45, 7) is 2.10. The van der Waals surface area contributed by atoms with Crippen LogP contribution in [0, 0.1) is 0 Å². The Kier molecular flexibility index (Phi) is 2.15. The first-order valence-electron chi connectivity index (χ1n) is 4.19. The highest BCUT2D eigenvalue weighted by atomic mass is 35.5. The van der Waals surface area contributed by atoms with Crippen molar-refractivity contribution in [2.75, 3.05) is 0 Å². The van der Waals surface area contributed by atoms with Crippen LogP contribution in [0.1, 0.15) is 12.5 Å². The van der Waals surface area contributed by atoms with E-state index in [9.17, 15) is 0 Å². The second kappa shape index (κ2) is 3.30. The lowest BCUT2D eigenvalue weighted by Crippen LogP contribution is -1.86. The third kappa shape index (κ3) is 1.49. The van der Waals surface area contributed by atoms with Gasteiger partial charge < -0.3 is 0 Å². The molecule has 0 spiro atoms. The number of hydrogen-bond acceptors (Lipinski definition) is 2. The third-order valence-electron chi connectivity index (χ3n) is 2.03. The van der Waals surface area contributed by atoms with Gasteiger partial charge in [-0.15, -0.1) is 0 Å². The minimum absolute atomic E-state index is 0.705. The minimum Gasteiger partial charge on any atom is -0.244 e. The fraction of sp³-hybridized carbons (Fsp3) is 0.200. The van der Waals surface area contributed by atoms with E-state index in [0.717, 1.165) is 17.3 Å². The summed E-state index contributed by atoms with van der Waals surface area (Å²) in [4.78, 5) is 8.07. The molecule has 0 atom stereocenters. The van der Waals surface area contributed by atoms with Gasteiger partial charge in [-0.3, -0.25) is 0 Å². The Morgan fingerprint density at radius 2 is 2.23 bits per heavy atom. The Bertz CT molecular complexity index is 440. The molecule has 0 aliphatic carbocycles. The SMILES string of the molecule is CCc1cc(Cl)c2ncncc2c1. The summed E-state index contributed by atoms with van der Waals surface area (Å²) in [6, 6.07) is 4.03. The number of aromatic nitrogens is 2. The number of benzene rings is 1. The minimum atomic E-state index is 0.705. The highest BCUT2D eigenvalue weighted by Gasteiger charge is 2.01. The van der Waals surface area contributed by atoms with E-state index in [-0.39, 0.29) is 0 Å². The van der Waals surface area contributed by atoms with Crippen molar-refractivity contribution in [1.29, 1.82) is 0 Å². The highest BCUT2D eigenvalue weighted by Crippen LogP contribution is 2.22. The first-order valence-corrected chi connectivity index (χ1v) is 4.57. The molecule has 0 unspecified atom stereocenters. The summed E-state index contributed by atoms with van der Waals surface area (Å²) >= 11 is 6.05. The van der Waals surface area contributed by atoms with E-state index in [4.69, 9.17) is 11.6 Å². The zero-order valence-corrected chi connectivity index (χ0v) is 8.04. The number of fused-ring (bicyclic) bond motifs is 1. The van der Waals surface area contributed by atoms with Crippen molar-refractivity contribution in [3.05, 3.63) is 35.2 Å². The number of halogens is 1. The van der Waals surface area contributed by atoms with Crippen molar-refractivity contribution < 1.29 is 0 Å². The van der Waals surface area contributed by atoms with Gasteiger partial charge in [0.05, 0.1) is 10.5 Å². The number of aryl methyl sites for hydroxylation is 1. The molecule has 3 heteroatoms. The van der Waals surface area contributed by atoms with Crippen molar-refractivity contribution in [2.24, 2.45) is 0 Å². The molecule has 66 valence electrons. The fourth-order valence-electron chi connectivity index (χ4n) is 1.32. The fourth-order valence-corrected chi connectivity index (χ4v) is 1.62. The summed E-state index contributed by atoms with van der Waals surface area (Å²) < 4.78 is 0. The second-order valence-electron chi connectivity index (χ2n) is 2.89. The molecule has 0 saturated heterocycles. The van der Waals surface area contributed by atoms with Crippen LogP contribution in [0.5, 0.6) is 0 Å². The Morgan fingerprint density at radius 3 is 3.00 bits per heavy atom. The maximum atomic E-state index is 6.05. The van der Waals surface area contributed by atoms with Gasteiger partial charge in [0.15, 0.2) is 0 Å². The molecule has 0 bridgehead atoms. The lowest BCUT2D eigenvalue weighted by atomic mass is 10.1. The molecule has 0 fully saturated rings. The van der Waals surface area contributed by atoms with Gasteiger partial charge in [0.2, 0.25) is 0 Å². The Morgan fingerprint density at radius 1 is 1.38 bits per heavy atom. The molecular formula is C10H9ClN2. The second-order valence-corrected chi connectivity index (χ2v) is 3.30. The zero-order chi connectivity index (χ0) is 9.26. The first kappa shape index (κ1) is 8.45. The van der Waals surface area contributed by atoms with Gasteiger partial charge in [0.25, 0.3) is 0 Å². The molecule has 2 rings (SSSR count). The maximum absolute atomic E-state index is 6.05. The number of hydrogen-bond donors (Lipinski definition) is 0. The summed E-state index contributed by atoms with van der Waals surface area (Å²) in [5, 5.41) is 1.71. The van der Waals surface area contributed by atoms with E-state index < -0.39 is 0 Å². The average molecular weight is 193 g/mol. The van der Waals surface area contributed by atoms with E-state index in [1.807, 2.05) is 6.07 Å². The summed E-state index contributed by atoms with van der Waals surface area (Å²) in [5.74, 6) is 0. The van der Waals surface area contributed by atoms with Crippen LogP contribution in [0.25, 0.3) is 10.9 Å². The van der Waals surface area contributed by atoms with Crippen LogP contribution < -0.4 is 0 Å². The van der Waals surface area contributed by atoms with Crippen molar-refractivity contribution in [1.82, 2.24) is 9.97 Å². The van der Waals surface area contributed by atoms with Gasteiger partial charge in [-0.2, -0.15) is 0 Å². The Balaban J connectivity index is 2.77. The van der Waals surface area contributed by atoms with E-state index in [1.54, 1.807) is 6.20 Å². The molecule has 0 aliphatic heterocycles. The first-order chi connectivity index (χ1) is 6.31. The van der Waals surface area contributed by atoms with Crippen LogP contribution in [-0.2, 0) is 6.42 Å². The molecule has 0 aliphatic rings. The molecule has 1 heterocycles. The molecule has 1 aromatic carbocycles. The van der Waals surface area contributed by atoms with Crippen LogP contribution in [-0.4, -0.2) is 9.97 Å². The van der Waals surface area contributed by atoms with Crippen molar-refractivity contribution in [3.8, 4) is 0 Å². The van der Waals surface area contributed by atoms with Crippen molar-refractivity contribution in [3.63, 3.8) is 0 Å². The van der Waals surface area contributed by atoms with Crippen LogP contribution in [0.15, 0.2) is 24.7 Å². The molecule has 0 saturated carbocycles. The standard InChI is InChI=1S/C10H9ClN2/c1-2-7-3-8-5-12-6-13-10(8)9(11)4-7/h3-6H,2H2,1H3. The predicted octanol–water partition coefficient (Wildman–Crippen LogP) is 2.85. The summed E-state index contributed by atoms with van der Waals surface area (Å²) in [6.07, 6.45) is 4.28. The molecular weight excluding hydrogens is 184 g/mol. The van der Waals surface area contributed by atoms with E-state index in [1.165, 1.54) is 11.9 Å². The molecule has 0 N–H and O–H groups in total. The average Bonchev–Trinajstić information content (AvgIpc) is 2.18.